The van der Waals surface area contributed by atoms with Gasteiger partial charge in [-0.05, 0) is 58.1 Å². The summed E-state index contributed by atoms with van der Waals surface area (Å²) >= 11 is 0. The smallest absolute Gasteiger partial charge is 0.162 e. The summed E-state index contributed by atoms with van der Waals surface area (Å²) in [6, 6.07) is 5.63. The van der Waals surface area contributed by atoms with E-state index in [1.807, 2.05) is 25.8 Å². The van der Waals surface area contributed by atoms with E-state index in [9.17, 15) is 14.3 Å². The van der Waals surface area contributed by atoms with Crippen LogP contribution >= 0.6 is 0 Å². The van der Waals surface area contributed by atoms with E-state index in [0.717, 1.165) is 13.0 Å². The molecule has 1 rings (SSSR count). The fourth-order valence-corrected chi connectivity index (χ4v) is 1.68. The highest BCUT2D eigenvalue weighted by atomic mass is 19.1. The van der Waals surface area contributed by atoms with Crippen molar-refractivity contribution < 1.29 is 14.3 Å². The molecule has 106 valence electrons. The first kappa shape index (κ1) is 15.8. The van der Waals surface area contributed by atoms with Crippen LogP contribution in [-0.2, 0) is 0 Å². The van der Waals surface area contributed by atoms with E-state index in [0.29, 0.717) is 12.0 Å². The van der Waals surface area contributed by atoms with Gasteiger partial charge in [0.2, 0.25) is 0 Å². The first-order valence-corrected chi connectivity index (χ1v) is 6.47. The second-order valence-electron chi connectivity index (χ2n) is 5.43. The predicted molar refractivity (Wildman–Crippen MR) is 73.8 cm³/mol. The van der Waals surface area contributed by atoms with E-state index in [1.165, 1.54) is 24.3 Å². The van der Waals surface area contributed by atoms with Gasteiger partial charge in [0.1, 0.15) is 5.82 Å². The summed E-state index contributed by atoms with van der Waals surface area (Å²) < 4.78 is 12.7. The fraction of sp³-hybridized carbons (Fsp3) is 0.533. The normalized spacial score (nSPS) is 11.9. The molecule has 1 aromatic carbocycles. The first-order valence-electron chi connectivity index (χ1n) is 6.47. The zero-order chi connectivity index (χ0) is 14.5. The van der Waals surface area contributed by atoms with E-state index >= 15 is 0 Å². The van der Waals surface area contributed by atoms with Gasteiger partial charge >= 0.3 is 0 Å². The molecule has 0 spiro atoms. The minimum atomic E-state index is -0.332. The maximum Gasteiger partial charge on any atom is 0.162 e. The van der Waals surface area contributed by atoms with Crippen LogP contribution in [-0.4, -0.2) is 41.5 Å². The van der Waals surface area contributed by atoms with E-state index in [1.54, 1.807) is 0 Å². The van der Waals surface area contributed by atoms with Gasteiger partial charge in [-0.25, -0.2) is 4.39 Å². The van der Waals surface area contributed by atoms with Gasteiger partial charge in [0.05, 0.1) is 6.61 Å². The number of aliphatic hydroxyl groups is 1. The molecular formula is C15H22FNO2. The molecule has 0 fully saturated rings. The van der Waals surface area contributed by atoms with Crippen molar-refractivity contribution in [3.8, 4) is 0 Å². The van der Waals surface area contributed by atoms with Crippen molar-refractivity contribution in [1.29, 1.82) is 0 Å². The number of nitrogens with zero attached hydrogens (tertiary/aromatic N) is 1. The number of benzene rings is 1. The number of aliphatic hydroxyl groups excluding tert-OH is 1. The summed E-state index contributed by atoms with van der Waals surface area (Å²) in [5.74, 6) is -0.309. The Labute approximate surface area is 114 Å². The lowest BCUT2D eigenvalue weighted by molar-refractivity contribution is 0.0759. The summed E-state index contributed by atoms with van der Waals surface area (Å²) in [7, 11) is 1.93. The monoisotopic (exact) mass is 267 g/mol. The molecule has 0 saturated carbocycles. The molecule has 0 saturated heterocycles. The SMILES string of the molecule is CN(CCCC(=O)c1ccc(F)cc1)C(C)(C)CO. The molecular weight excluding hydrogens is 245 g/mol. The van der Waals surface area contributed by atoms with Crippen LogP contribution < -0.4 is 0 Å². The second kappa shape index (κ2) is 6.78. The number of carbonyl (C=O) groups is 1. The number of halogens is 1. The van der Waals surface area contributed by atoms with Crippen LogP contribution in [0.15, 0.2) is 24.3 Å². The highest BCUT2D eigenvalue weighted by molar-refractivity contribution is 5.95. The Balaban J connectivity index is 2.41. The highest BCUT2D eigenvalue weighted by Gasteiger charge is 2.21. The van der Waals surface area contributed by atoms with Crippen LogP contribution in [0.4, 0.5) is 4.39 Å². The fourth-order valence-electron chi connectivity index (χ4n) is 1.68. The lowest BCUT2D eigenvalue weighted by atomic mass is 10.0. The summed E-state index contributed by atoms with van der Waals surface area (Å²) in [5, 5.41) is 9.23. The summed E-state index contributed by atoms with van der Waals surface area (Å²) in [6.45, 7) is 4.72. The van der Waals surface area contributed by atoms with Crippen LogP contribution in [0.1, 0.15) is 37.0 Å². The Morgan fingerprint density at radius 1 is 1.32 bits per heavy atom. The van der Waals surface area contributed by atoms with Crippen molar-refractivity contribution in [2.24, 2.45) is 0 Å². The molecule has 0 aliphatic heterocycles. The summed E-state index contributed by atoms with van der Waals surface area (Å²) in [6.07, 6.45) is 1.15. The minimum Gasteiger partial charge on any atom is -0.394 e. The van der Waals surface area contributed by atoms with Crippen molar-refractivity contribution in [2.75, 3.05) is 20.2 Å². The molecule has 0 radical (unpaired) electrons. The van der Waals surface area contributed by atoms with Crippen LogP contribution in [0.5, 0.6) is 0 Å². The number of likely N-dealkylation sites (N-methyl/N-ethyl adjacent to an activating group) is 1. The van der Waals surface area contributed by atoms with E-state index in [2.05, 4.69) is 0 Å². The number of Topliss-reactive ketones (excluding diaryl/α,β-unsaturated/α-hetero) is 1. The van der Waals surface area contributed by atoms with Crippen molar-refractivity contribution in [1.82, 2.24) is 4.90 Å². The first-order chi connectivity index (χ1) is 8.86. The van der Waals surface area contributed by atoms with Crippen molar-refractivity contribution in [3.63, 3.8) is 0 Å². The quantitative estimate of drug-likeness (QED) is 0.772. The van der Waals surface area contributed by atoms with Gasteiger partial charge in [-0.2, -0.15) is 0 Å². The molecule has 0 bridgehead atoms. The standard InChI is InChI=1S/C15H22FNO2/c1-15(2,11-18)17(3)10-4-5-14(19)12-6-8-13(16)9-7-12/h6-9,18H,4-5,10-11H2,1-3H3. The van der Waals surface area contributed by atoms with Gasteiger partial charge in [0, 0.05) is 17.5 Å². The maximum absolute atomic E-state index is 12.7. The van der Waals surface area contributed by atoms with Gasteiger partial charge < -0.3 is 5.11 Å². The molecule has 0 aromatic heterocycles. The Hall–Kier alpha value is -1.26. The molecule has 0 atom stereocenters. The van der Waals surface area contributed by atoms with Crippen molar-refractivity contribution >= 4 is 5.78 Å². The molecule has 3 nitrogen and oxygen atoms in total. The van der Waals surface area contributed by atoms with E-state index in [4.69, 9.17) is 0 Å². The molecule has 0 unspecified atom stereocenters. The molecule has 0 aliphatic carbocycles. The van der Waals surface area contributed by atoms with Crippen LogP contribution in [0.25, 0.3) is 0 Å². The predicted octanol–water partition coefficient (Wildman–Crippen LogP) is 2.49. The van der Waals surface area contributed by atoms with Gasteiger partial charge in [-0.3, -0.25) is 9.69 Å². The Bertz CT molecular complexity index is 415. The van der Waals surface area contributed by atoms with Crippen LogP contribution in [0, 0.1) is 5.82 Å². The van der Waals surface area contributed by atoms with Gasteiger partial charge in [-0.15, -0.1) is 0 Å². The number of hydrogen-bond acceptors (Lipinski definition) is 3. The third kappa shape index (κ3) is 4.73. The van der Waals surface area contributed by atoms with Crippen LogP contribution in [0.3, 0.4) is 0 Å². The number of rotatable bonds is 7. The molecule has 1 aromatic rings. The molecule has 0 aliphatic rings. The zero-order valence-electron chi connectivity index (χ0n) is 11.8. The van der Waals surface area contributed by atoms with E-state index in [-0.39, 0.29) is 23.7 Å². The summed E-state index contributed by atoms with van der Waals surface area (Å²) in [4.78, 5) is 13.9. The number of hydrogen-bond donors (Lipinski definition) is 1. The largest absolute Gasteiger partial charge is 0.394 e. The molecule has 1 N–H and O–H groups in total. The van der Waals surface area contributed by atoms with Crippen LogP contribution in [0.2, 0.25) is 0 Å². The number of ketones is 1. The van der Waals surface area contributed by atoms with E-state index < -0.39 is 0 Å². The van der Waals surface area contributed by atoms with Gasteiger partial charge in [0.15, 0.2) is 5.78 Å². The van der Waals surface area contributed by atoms with Gasteiger partial charge in [-0.1, -0.05) is 0 Å². The average Bonchev–Trinajstić information content (AvgIpc) is 2.39. The second-order valence-corrected chi connectivity index (χ2v) is 5.43. The Kier molecular flexibility index (Phi) is 5.63. The molecule has 19 heavy (non-hydrogen) atoms. The third-order valence-corrected chi connectivity index (χ3v) is 3.48. The highest BCUT2D eigenvalue weighted by Crippen LogP contribution is 2.13. The lowest BCUT2D eigenvalue weighted by Crippen LogP contribution is -2.44. The van der Waals surface area contributed by atoms with Crippen molar-refractivity contribution in [2.45, 2.75) is 32.2 Å². The maximum atomic E-state index is 12.7. The molecule has 0 heterocycles. The molecule has 0 amide bonds. The van der Waals surface area contributed by atoms with Crippen molar-refractivity contribution in [3.05, 3.63) is 35.6 Å². The Morgan fingerprint density at radius 2 is 1.89 bits per heavy atom. The number of carbonyl (C=O) groups excluding carboxylic acids is 1. The average molecular weight is 267 g/mol. The topological polar surface area (TPSA) is 40.5 Å². The summed E-state index contributed by atoms with van der Waals surface area (Å²) in [5.41, 5.74) is 0.268. The Morgan fingerprint density at radius 3 is 2.42 bits per heavy atom. The van der Waals surface area contributed by atoms with Gasteiger partial charge in [0.25, 0.3) is 0 Å². The third-order valence-electron chi connectivity index (χ3n) is 3.48. The molecule has 4 heteroatoms. The minimum absolute atomic E-state index is 0.0233. The zero-order valence-corrected chi connectivity index (χ0v) is 11.8. The lowest BCUT2D eigenvalue weighted by Gasteiger charge is -2.33.